The molecule has 1 atom stereocenters. The first kappa shape index (κ1) is 26.5. The molecule has 34 heavy (non-hydrogen) atoms. The van der Waals surface area contributed by atoms with Crippen LogP contribution in [0, 0.1) is 17.6 Å². The highest BCUT2D eigenvalue weighted by Gasteiger charge is 2.24. The van der Waals surface area contributed by atoms with Crippen molar-refractivity contribution in [2.75, 3.05) is 6.67 Å². The minimum absolute atomic E-state index is 0.194. The second-order valence-corrected chi connectivity index (χ2v) is 7.41. The number of furan rings is 1. The Morgan fingerprint density at radius 2 is 1.79 bits per heavy atom. The van der Waals surface area contributed by atoms with Crippen LogP contribution in [0.4, 0.5) is 8.78 Å². The van der Waals surface area contributed by atoms with Gasteiger partial charge in [0.1, 0.15) is 17.1 Å². The van der Waals surface area contributed by atoms with E-state index in [1.165, 1.54) is 17.6 Å². The van der Waals surface area contributed by atoms with Crippen molar-refractivity contribution in [3.05, 3.63) is 47.2 Å². The van der Waals surface area contributed by atoms with Crippen LogP contribution in [0.25, 0.3) is 11.3 Å². The Morgan fingerprint density at radius 1 is 1.06 bits per heavy atom. The Balaban J connectivity index is 2.00. The van der Waals surface area contributed by atoms with Crippen LogP contribution >= 0.6 is 0 Å². The average molecular weight is 481 g/mol. The number of hydrogen-bond acceptors (Lipinski definition) is 6. The first-order valence-corrected chi connectivity index (χ1v) is 10.5. The van der Waals surface area contributed by atoms with Gasteiger partial charge in [-0.05, 0) is 30.7 Å². The van der Waals surface area contributed by atoms with Crippen molar-refractivity contribution >= 4 is 23.7 Å². The summed E-state index contributed by atoms with van der Waals surface area (Å²) in [6, 6.07) is 4.17. The molecule has 0 aliphatic heterocycles. The van der Waals surface area contributed by atoms with E-state index in [4.69, 9.17) is 14.7 Å². The van der Waals surface area contributed by atoms with Gasteiger partial charge in [0.2, 0.25) is 11.8 Å². The fourth-order valence-electron chi connectivity index (χ4n) is 3.22. The summed E-state index contributed by atoms with van der Waals surface area (Å²) in [5, 5.41) is 22.5. The highest BCUT2D eigenvalue weighted by Crippen LogP contribution is 2.28. The zero-order chi connectivity index (χ0) is 25.3. The highest BCUT2D eigenvalue weighted by atomic mass is 19.1. The molecule has 0 bridgehead atoms. The van der Waals surface area contributed by atoms with Gasteiger partial charge >= 0.3 is 5.97 Å². The number of unbranched alkanes of at least 4 members (excludes halogenated alkanes) is 2. The number of carbonyl (C=O) groups is 4. The van der Waals surface area contributed by atoms with E-state index in [-0.39, 0.29) is 30.2 Å². The quantitative estimate of drug-likeness (QED) is 0.135. The van der Waals surface area contributed by atoms with Crippen molar-refractivity contribution in [1.29, 1.82) is 0 Å². The Bertz CT molecular complexity index is 1060. The second kappa shape index (κ2) is 12.4. The zero-order valence-electron chi connectivity index (χ0n) is 18.3. The minimum Gasteiger partial charge on any atom is -0.477 e. The monoisotopic (exact) mass is 481 g/mol. The number of carbonyl (C=O) groups excluding carboxylic acids is 3. The lowest BCUT2D eigenvalue weighted by Crippen LogP contribution is -2.41. The highest BCUT2D eigenvalue weighted by molar-refractivity contribution is 5.93. The molecule has 184 valence electrons. The van der Waals surface area contributed by atoms with Gasteiger partial charge in [-0.15, -0.1) is 0 Å². The summed E-state index contributed by atoms with van der Waals surface area (Å²) in [6.07, 6.45) is 2.69. The molecule has 2 rings (SSSR count). The van der Waals surface area contributed by atoms with E-state index >= 15 is 0 Å². The van der Waals surface area contributed by atoms with Gasteiger partial charge in [0.25, 0.3) is 5.91 Å². The molecule has 0 saturated carbocycles. The minimum atomic E-state index is -1.79. The lowest BCUT2D eigenvalue weighted by Gasteiger charge is -2.16. The maximum absolute atomic E-state index is 14.4. The molecular formula is C22H25F2N3O7. The number of amides is 3. The maximum atomic E-state index is 14.4. The third-order valence-electron chi connectivity index (χ3n) is 5.00. The van der Waals surface area contributed by atoms with Crippen LogP contribution in [0.5, 0.6) is 0 Å². The summed E-state index contributed by atoms with van der Waals surface area (Å²) in [5.74, 6) is -7.50. The molecule has 12 heteroatoms. The predicted octanol–water partition coefficient (Wildman–Crippen LogP) is 2.82. The SMILES string of the molecule is CCCCC[C@H](CC(=O)NO)C(=O)NCNC(=O)c1ccc(-c2ccc(F)c(C(=O)O)c2F)o1. The van der Waals surface area contributed by atoms with Crippen molar-refractivity contribution in [3.63, 3.8) is 0 Å². The molecule has 0 fully saturated rings. The topological polar surface area (TPSA) is 158 Å². The molecule has 2 aromatic rings. The molecule has 0 saturated heterocycles. The second-order valence-electron chi connectivity index (χ2n) is 7.41. The molecule has 1 heterocycles. The smallest absolute Gasteiger partial charge is 0.341 e. The number of hydroxylamine groups is 1. The predicted molar refractivity (Wildman–Crippen MR) is 114 cm³/mol. The fourth-order valence-corrected chi connectivity index (χ4v) is 3.22. The summed E-state index contributed by atoms with van der Waals surface area (Å²) in [5.41, 5.74) is -0.00362. The third kappa shape index (κ3) is 6.85. The van der Waals surface area contributed by atoms with Crippen molar-refractivity contribution in [2.24, 2.45) is 5.92 Å². The van der Waals surface area contributed by atoms with Gasteiger partial charge in [0, 0.05) is 12.3 Å². The lowest BCUT2D eigenvalue weighted by atomic mass is 9.96. The Hall–Kier alpha value is -3.80. The van der Waals surface area contributed by atoms with E-state index in [1.807, 2.05) is 6.92 Å². The number of aromatic carboxylic acids is 1. The largest absolute Gasteiger partial charge is 0.477 e. The summed E-state index contributed by atoms with van der Waals surface area (Å²) >= 11 is 0. The van der Waals surface area contributed by atoms with Gasteiger partial charge in [-0.2, -0.15) is 0 Å². The molecule has 0 aliphatic carbocycles. The van der Waals surface area contributed by atoms with Gasteiger partial charge < -0.3 is 20.2 Å². The van der Waals surface area contributed by atoms with Crippen LogP contribution in [-0.4, -0.2) is 40.7 Å². The van der Waals surface area contributed by atoms with Crippen LogP contribution in [0.3, 0.4) is 0 Å². The fraction of sp³-hybridized carbons (Fsp3) is 0.364. The molecule has 1 aromatic carbocycles. The number of carboxylic acids is 1. The molecular weight excluding hydrogens is 456 g/mol. The average Bonchev–Trinajstić information content (AvgIpc) is 3.28. The van der Waals surface area contributed by atoms with Crippen LogP contribution in [0.2, 0.25) is 0 Å². The van der Waals surface area contributed by atoms with Gasteiger partial charge in [0.15, 0.2) is 11.6 Å². The molecule has 5 N–H and O–H groups in total. The first-order chi connectivity index (χ1) is 16.2. The molecule has 0 unspecified atom stereocenters. The number of nitrogens with one attached hydrogen (secondary N) is 3. The standard InChI is InChI=1S/C22H25F2N3O7/c1-2-3-4-5-12(10-17(28)27-33)20(29)25-11-26-21(30)16-9-8-15(34-16)13-6-7-14(23)18(19(13)24)22(31)32/h6-9,12,33H,2-5,10-11H2,1H3,(H,25,29)(H,26,30)(H,27,28)(H,31,32)/t12-/m1/s1. The molecule has 10 nitrogen and oxygen atoms in total. The van der Waals surface area contributed by atoms with E-state index < -0.39 is 46.8 Å². The maximum Gasteiger partial charge on any atom is 0.341 e. The Kier molecular flexibility index (Phi) is 9.68. The van der Waals surface area contributed by atoms with Gasteiger partial charge in [0.05, 0.1) is 12.2 Å². The number of halogens is 2. The molecule has 0 aliphatic rings. The summed E-state index contributed by atoms with van der Waals surface area (Å²) < 4.78 is 33.2. The summed E-state index contributed by atoms with van der Waals surface area (Å²) in [4.78, 5) is 47.2. The molecule has 1 aromatic heterocycles. The zero-order valence-corrected chi connectivity index (χ0v) is 18.3. The number of benzene rings is 1. The van der Waals surface area contributed by atoms with Crippen LogP contribution in [0.1, 0.15) is 59.9 Å². The summed E-state index contributed by atoms with van der Waals surface area (Å²) in [7, 11) is 0. The van der Waals surface area contributed by atoms with Crippen molar-refractivity contribution in [1.82, 2.24) is 16.1 Å². The number of rotatable bonds is 12. The molecule has 0 spiro atoms. The number of carboxylic acid groups (broad SMARTS) is 1. The van der Waals surface area contributed by atoms with Crippen LogP contribution in [0.15, 0.2) is 28.7 Å². The first-order valence-electron chi connectivity index (χ1n) is 10.5. The van der Waals surface area contributed by atoms with E-state index in [0.29, 0.717) is 12.8 Å². The summed E-state index contributed by atoms with van der Waals surface area (Å²) in [6.45, 7) is 1.69. The van der Waals surface area contributed by atoms with Gasteiger partial charge in [-0.3, -0.25) is 19.6 Å². The Labute approximate surface area is 193 Å². The molecule has 3 amide bonds. The van der Waals surface area contributed by atoms with Crippen molar-refractivity contribution in [3.8, 4) is 11.3 Å². The van der Waals surface area contributed by atoms with E-state index in [1.54, 1.807) is 0 Å². The van der Waals surface area contributed by atoms with Crippen molar-refractivity contribution in [2.45, 2.75) is 39.0 Å². The lowest BCUT2D eigenvalue weighted by molar-refractivity contribution is -0.135. The normalized spacial score (nSPS) is 11.5. The van der Waals surface area contributed by atoms with E-state index in [0.717, 1.165) is 25.0 Å². The third-order valence-corrected chi connectivity index (χ3v) is 5.00. The number of hydrogen-bond donors (Lipinski definition) is 5. The van der Waals surface area contributed by atoms with Crippen molar-refractivity contribution < 1.29 is 42.7 Å². The molecule has 0 radical (unpaired) electrons. The van der Waals surface area contributed by atoms with E-state index in [2.05, 4.69) is 10.6 Å². The van der Waals surface area contributed by atoms with Gasteiger partial charge in [-0.1, -0.05) is 26.2 Å². The van der Waals surface area contributed by atoms with E-state index in [9.17, 15) is 28.0 Å². The Morgan fingerprint density at radius 3 is 2.44 bits per heavy atom. The van der Waals surface area contributed by atoms with Crippen LogP contribution < -0.4 is 16.1 Å². The van der Waals surface area contributed by atoms with Gasteiger partial charge in [-0.25, -0.2) is 19.1 Å². The van der Waals surface area contributed by atoms with Crippen LogP contribution in [-0.2, 0) is 9.59 Å².